The number of aliphatic carboxylic acids is 2. The minimum atomic E-state index is -1.11. The third-order valence-electron chi connectivity index (χ3n) is 5.35. The Labute approximate surface area is 207 Å². The molecule has 1 aromatic carbocycles. The molecule has 9 nitrogen and oxygen atoms in total. The summed E-state index contributed by atoms with van der Waals surface area (Å²) in [5.41, 5.74) is 4.96. The van der Waals surface area contributed by atoms with Gasteiger partial charge in [-0.2, -0.15) is 0 Å². The highest BCUT2D eigenvalue weighted by atomic mass is 16.5. The van der Waals surface area contributed by atoms with Crippen LogP contribution in [0.5, 0.6) is 5.75 Å². The van der Waals surface area contributed by atoms with Gasteiger partial charge >= 0.3 is 11.9 Å². The van der Waals surface area contributed by atoms with Gasteiger partial charge in [-0.3, -0.25) is 19.5 Å². The molecule has 0 spiro atoms. The molecule has 4 aromatic rings. The summed E-state index contributed by atoms with van der Waals surface area (Å²) in [5.74, 6) is -1.47. The van der Waals surface area contributed by atoms with Crippen molar-refractivity contribution in [3.05, 3.63) is 84.7 Å². The van der Waals surface area contributed by atoms with Crippen LogP contribution in [0.3, 0.4) is 0 Å². The fraction of sp³-hybridized carbons (Fsp3) is 0.148. The van der Waals surface area contributed by atoms with E-state index < -0.39 is 25.0 Å². The van der Waals surface area contributed by atoms with E-state index in [0.717, 1.165) is 16.9 Å². The molecule has 4 rings (SSSR count). The van der Waals surface area contributed by atoms with Gasteiger partial charge in [0.15, 0.2) is 0 Å². The minimum Gasteiger partial charge on any atom is -0.497 e. The zero-order chi connectivity index (χ0) is 25.5. The Morgan fingerprint density at radius 3 is 2.06 bits per heavy atom. The van der Waals surface area contributed by atoms with Gasteiger partial charge in [-0.1, -0.05) is 24.3 Å². The lowest BCUT2D eigenvalue weighted by Gasteiger charge is -2.17. The highest BCUT2D eigenvalue weighted by Gasteiger charge is 2.16. The number of methoxy groups -OCH3 is 1. The van der Waals surface area contributed by atoms with Crippen LogP contribution in [-0.4, -0.2) is 62.2 Å². The van der Waals surface area contributed by atoms with Crippen molar-refractivity contribution >= 4 is 11.9 Å². The molecule has 9 heteroatoms. The number of carboxylic acids is 2. The van der Waals surface area contributed by atoms with Crippen LogP contribution in [0.15, 0.2) is 79.0 Å². The van der Waals surface area contributed by atoms with Crippen LogP contribution in [0.4, 0.5) is 0 Å². The summed E-state index contributed by atoms with van der Waals surface area (Å²) < 4.78 is 5.27. The lowest BCUT2D eigenvalue weighted by atomic mass is 10.0. The van der Waals surface area contributed by atoms with Crippen LogP contribution in [0.1, 0.15) is 5.69 Å². The Morgan fingerprint density at radius 1 is 0.778 bits per heavy atom. The second-order valence-corrected chi connectivity index (χ2v) is 8.02. The van der Waals surface area contributed by atoms with Crippen LogP contribution in [0, 0.1) is 0 Å². The molecule has 0 aliphatic carbocycles. The van der Waals surface area contributed by atoms with Gasteiger partial charge in [0.1, 0.15) is 5.75 Å². The molecular weight excluding hydrogens is 460 g/mol. The lowest BCUT2D eigenvalue weighted by molar-refractivity contribution is -0.142. The normalized spacial score (nSPS) is 10.8. The zero-order valence-electron chi connectivity index (χ0n) is 19.5. The van der Waals surface area contributed by atoms with E-state index in [-0.39, 0.29) is 6.54 Å². The number of aromatic nitrogens is 3. The summed E-state index contributed by atoms with van der Waals surface area (Å²) in [6.45, 7) is -0.752. The molecule has 0 atom stereocenters. The van der Waals surface area contributed by atoms with Gasteiger partial charge in [0.2, 0.25) is 0 Å². The van der Waals surface area contributed by atoms with E-state index in [0.29, 0.717) is 28.5 Å². The van der Waals surface area contributed by atoms with E-state index in [1.807, 2.05) is 60.7 Å². The molecule has 0 saturated carbocycles. The third kappa shape index (κ3) is 6.28. The Kier molecular flexibility index (Phi) is 7.62. The minimum absolute atomic E-state index is 0.0672. The fourth-order valence-electron chi connectivity index (χ4n) is 3.75. The van der Waals surface area contributed by atoms with Crippen LogP contribution in [0.2, 0.25) is 0 Å². The monoisotopic (exact) mass is 484 g/mol. The second-order valence-electron chi connectivity index (χ2n) is 8.02. The summed E-state index contributed by atoms with van der Waals surface area (Å²) in [4.78, 5) is 37.6. The van der Waals surface area contributed by atoms with Crippen molar-refractivity contribution in [1.29, 1.82) is 0 Å². The number of hydrogen-bond donors (Lipinski definition) is 2. The number of carboxylic acid groups (broad SMARTS) is 2. The number of carbonyl (C=O) groups is 2. The molecule has 36 heavy (non-hydrogen) atoms. The van der Waals surface area contributed by atoms with Crippen molar-refractivity contribution in [3.63, 3.8) is 0 Å². The molecule has 0 aliphatic rings. The van der Waals surface area contributed by atoms with Gasteiger partial charge in [-0.15, -0.1) is 0 Å². The number of hydrogen-bond acceptors (Lipinski definition) is 7. The Bertz CT molecular complexity index is 1340. The maximum absolute atomic E-state index is 11.2. The molecule has 3 aromatic heterocycles. The van der Waals surface area contributed by atoms with Gasteiger partial charge in [-0.05, 0) is 59.7 Å². The molecule has 0 bridgehead atoms. The number of pyridine rings is 3. The van der Waals surface area contributed by atoms with Crippen molar-refractivity contribution in [2.45, 2.75) is 6.54 Å². The highest BCUT2D eigenvalue weighted by Crippen LogP contribution is 2.30. The second kappa shape index (κ2) is 11.2. The summed E-state index contributed by atoms with van der Waals surface area (Å²) in [6, 6.07) is 22.5. The first-order valence-electron chi connectivity index (χ1n) is 11.1. The van der Waals surface area contributed by atoms with E-state index in [9.17, 15) is 9.59 Å². The van der Waals surface area contributed by atoms with Crippen molar-refractivity contribution in [3.8, 4) is 39.7 Å². The molecule has 0 unspecified atom stereocenters. The number of ether oxygens (including phenoxy) is 1. The molecule has 0 fully saturated rings. The highest BCUT2D eigenvalue weighted by molar-refractivity contribution is 5.75. The van der Waals surface area contributed by atoms with E-state index >= 15 is 0 Å². The Hall–Kier alpha value is -4.63. The van der Waals surface area contributed by atoms with Crippen LogP contribution in [-0.2, 0) is 16.1 Å². The van der Waals surface area contributed by atoms with Gasteiger partial charge in [0.05, 0.1) is 48.7 Å². The molecule has 182 valence electrons. The van der Waals surface area contributed by atoms with Crippen LogP contribution < -0.4 is 4.74 Å². The van der Waals surface area contributed by atoms with E-state index in [1.165, 1.54) is 4.90 Å². The van der Waals surface area contributed by atoms with Crippen molar-refractivity contribution < 1.29 is 24.5 Å². The summed E-state index contributed by atoms with van der Waals surface area (Å²) >= 11 is 0. The third-order valence-corrected chi connectivity index (χ3v) is 5.35. The predicted octanol–water partition coefficient (Wildman–Crippen LogP) is 3.85. The average Bonchev–Trinajstić information content (AvgIpc) is 2.88. The molecule has 3 heterocycles. The maximum Gasteiger partial charge on any atom is 0.317 e. The van der Waals surface area contributed by atoms with E-state index in [4.69, 9.17) is 19.9 Å². The molecular formula is C27H24N4O5. The first-order valence-corrected chi connectivity index (χ1v) is 11.1. The topological polar surface area (TPSA) is 126 Å². The van der Waals surface area contributed by atoms with Crippen molar-refractivity contribution in [1.82, 2.24) is 19.9 Å². The largest absolute Gasteiger partial charge is 0.497 e. The molecule has 0 aliphatic heterocycles. The average molecular weight is 485 g/mol. The van der Waals surface area contributed by atoms with E-state index in [1.54, 1.807) is 25.4 Å². The van der Waals surface area contributed by atoms with Crippen molar-refractivity contribution in [2.75, 3.05) is 20.2 Å². The number of rotatable bonds is 10. The van der Waals surface area contributed by atoms with Gasteiger partial charge in [0.25, 0.3) is 0 Å². The molecule has 0 saturated heterocycles. The lowest BCUT2D eigenvalue weighted by Crippen LogP contribution is -2.34. The fourth-order valence-corrected chi connectivity index (χ4v) is 3.75. The summed E-state index contributed by atoms with van der Waals surface area (Å²) in [5, 5.41) is 18.3. The van der Waals surface area contributed by atoms with Gasteiger partial charge in [-0.25, -0.2) is 9.97 Å². The standard InChI is InChI=1S/C27H24N4O5/c1-36-21-10-8-18(9-11-21)19-13-24(22-6-2-3-12-28-22)30-25(14-19)23-7-4-5-20(29-23)15-31(16-26(32)33)17-27(34)35/h2-14H,15-17H2,1H3,(H,32,33)(H,34,35). The maximum atomic E-state index is 11.2. The van der Waals surface area contributed by atoms with E-state index in [2.05, 4.69) is 9.97 Å². The summed E-state index contributed by atoms with van der Waals surface area (Å²) in [7, 11) is 1.62. The Balaban J connectivity index is 1.74. The van der Waals surface area contributed by atoms with Crippen LogP contribution >= 0.6 is 0 Å². The molecule has 0 radical (unpaired) electrons. The zero-order valence-corrected chi connectivity index (χ0v) is 19.5. The van der Waals surface area contributed by atoms with Crippen LogP contribution in [0.25, 0.3) is 33.9 Å². The van der Waals surface area contributed by atoms with Crippen molar-refractivity contribution in [2.24, 2.45) is 0 Å². The quantitative estimate of drug-likeness (QED) is 0.345. The van der Waals surface area contributed by atoms with Gasteiger partial charge in [0, 0.05) is 12.7 Å². The predicted molar refractivity (Wildman–Crippen MR) is 133 cm³/mol. The first kappa shape index (κ1) is 24.5. The number of nitrogens with zero attached hydrogens (tertiary/aromatic N) is 4. The summed E-state index contributed by atoms with van der Waals surface area (Å²) in [6.07, 6.45) is 1.70. The molecule has 2 N–H and O–H groups in total. The molecule has 0 amide bonds. The SMILES string of the molecule is COc1ccc(-c2cc(-c3ccccn3)nc(-c3cccc(CN(CC(=O)O)CC(=O)O)n3)c2)cc1. The first-order chi connectivity index (χ1) is 17.4. The van der Waals surface area contributed by atoms with Gasteiger partial charge < -0.3 is 14.9 Å². The Morgan fingerprint density at radius 2 is 1.44 bits per heavy atom. The number of benzene rings is 1. The smallest absolute Gasteiger partial charge is 0.317 e.